The molecule has 2 heterocycles. The van der Waals surface area contributed by atoms with Crippen LogP contribution in [0.5, 0.6) is 0 Å². The molecule has 1 spiro atoms. The van der Waals surface area contributed by atoms with Gasteiger partial charge in [0.1, 0.15) is 0 Å². The molecule has 0 aromatic heterocycles. The van der Waals surface area contributed by atoms with Crippen LogP contribution in [-0.2, 0) is 25.7 Å². The molecule has 7 rings (SSSR count). The van der Waals surface area contributed by atoms with E-state index in [1.165, 1.54) is 0 Å². The molecule has 5 heteroatoms. The predicted molar refractivity (Wildman–Crippen MR) is 158 cm³/mol. The van der Waals surface area contributed by atoms with Crippen molar-refractivity contribution in [2.24, 2.45) is 0 Å². The largest absolute Gasteiger partial charge is 0.317 e. The third-order valence-corrected chi connectivity index (χ3v) is 8.23. The van der Waals surface area contributed by atoms with Crippen LogP contribution in [-0.4, -0.2) is 23.8 Å². The number of hydrogen-bond donors (Lipinski definition) is 0. The van der Waals surface area contributed by atoms with Gasteiger partial charge in [-0.1, -0.05) is 140 Å². The lowest BCUT2D eigenvalue weighted by Crippen LogP contribution is -2.52. The number of hydrogen-bond acceptors (Lipinski definition) is 3. The number of carbonyl (C=O) groups excluding carboxylic acids is 2. The van der Waals surface area contributed by atoms with Crippen LogP contribution in [0.1, 0.15) is 33.9 Å². The number of carbonyl (C=O) groups is 2. The zero-order valence-corrected chi connectivity index (χ0v) is 22.6. The molecule has 0 saturated carbocycles. The van der Waals surface area contributed by atoms with E-state index in [-0.39, 0.29) is 11.8 Å². The third-order valence-electron chi connectivity index (χ3n) is 8.23. The molecule has 0 aliphatic carbocycles. The highest BCUT2D eigenvalue weighted by Crippen LogP contribution is 2.59. The summed E-state index contributed by atoms with van der Waals surface area (Å²) in [6, 6.07) is 45.7. The Morgan fingerprint density at radius 3 is 1.51 bits per heavy atom. The molecule has 2 amide bonds. The number of fused-ring (bicyclic) bond motifs is 2. The van der Waals surface area contributed by atoms with Gasteiger partial charge in [0.05, 0.1) is 11.7 Å². The van der Waals surface area contributed by atoms with Crippen molar-refractivity contribution in [3.63, 3.8) is 0 Å². The van der Waals surface area contributed by atoms with E-state index in [0.29, 0.717) is 22.4 Å². The molecule has 200 valence electrons. The molecular weight excluding hydrogens is 508 g/mol. The van der Waals surface area contributed by atoms with E-state index in [9.17, 15) is 4.79 Å². The fourth-order valence-electron chi connectivity index (χ4n) is 6.40. The molecule has 41 heavy (non-hydrogen) atoms. The van der Waals surface area contributed by atoms with E-state index in [4.69, 9.17) is 4.74 Å². The normalized spacial score (nSPS) is 19.3. The second-order valence-electron chi connectivity index (χ2n) is 10.4. The Morgan fingerprint density at radius 2 is 1.00 bits per heavy atom. The quantitative estimate of drug-likeness (QED) is 0.261. The molecule has 2 aliphatic rings. The van der Waals surface area contributed by atoms with Crippen molar-refractivity contribution in [1.29, 1.82) is 0 Å². The molecule has 0 radical (unpaired) electrons. The highest BCUT2D eigenvalue weighted by molar-refractivity contribution is 6.11. The summed E-state index contributed by atoms with van der Waals surface area (Å²) in [6.45, 7) is 0. The number of rotatable bonds is 5. The first-order valence-electron chi connectivity index (χ1n) is 13.7. The SMILES string of the molecule is CN1C(=O)C2(OC(c3ccccc3)(c3ccccc3)C(=O)N2C(c2ccccc2)c2ccccc2)c2ccccc21. The summed E-state index contributed by atoms with van der Waals surface area (Å²) in [5.41, 5.74) is 1.16. The van der Waals surface area contributed by atoms with Crippen LogP contribution in [0.15, 0.2) is 146 Å². The van der Waals surface area contributed by atoms with Crippen LogP contribution in [0.25, 0.3) is 0 Å². The Balaban J connectivity index is 1.59. The van der Waals surface area contributed by atoms with Gasteiger partial charge in [0, 0.05) is 12.6 Å². The van der Waals surface area contributed by atoms with Gasteiger partial charge in [-0.15, -0.1) is 0 Å². The number of ether oxygens (including phenoxy) is 1. The zero-order chi connectivity index (χ0) is 28.0. The topological polar surface area (TPSA) is 49.9 Å². The monoisotopic (exact) mass is 536 g/mol. The van der Waals surface area contributed by atoms with E-state index in [1.807, 2.05) is 146 Å². The Bertz CT molecular complexity index is 1650. The second kappa shape index (κ2) is 9.58. The van der Waals surface area contributed by atoms with Gasteiger partial charge in [0.2, 0.25) is 5.60 Å². The summed E-state index contributed by atoms with van der Waals surface area (Å²) in [6.07, 6.45) is 0. The second-order valence-corrected chi connectivity index (χ2v) is 10.4. The highest BCUT2D eigenvalue weighted by atomic mass is 16.6. The first-order valence-corrected chi connectivity index (χ1v) is 13.7. The van der Waals surface area contributed by atoms with Crippen LogP contribution < -0.4 is 4.90 Å². The maximum atomic E-state index is 15.5. The maximum Gasteiger partial charge on any atom is 0.285 e. The van der Waals surface area contributed by atoms with Crippen LogP contribution in [0.2, 0.25) is 0 Å². The molecule has 5 aromatic carbocycles. The number of nitrogens with zero attached hydrogens (tertiary/aromatic N) is 2. The van der Waals surface area contributed by atoms with E-state index in [1.54, 1.807) is 16.8 Å². The average molecular weight is 537 g/mol. The van der Waals surface area contributed by atoms with Gasteiger partial charge in [0.25, 0.3) is 17.5 Å². The molecule has 1 atom stereocenters. The third kappa shape index (κ3) is 3.52. The van der Waals surface area contributed by atoms with Gasteiger partial charge in [-0.2, -0.15) is 0 Å². The molecule has 5 aromatic rings. The van der Waals surface area contributed by atoms with Gasteiger partial charge < -0.3 is 9.64 Å². The molecule has 0 N–H and O–H groups in total. The highest BCUT2D eigenvalue weighted by Gasteiger charge is 2.71. The summed E-state index contributed by atoms with van der Waals surface area (Å²) in [4.78, 5) is 33.4. The summed E-state index contributed by atoms with van der Waals surface area (Å²) < 4.78 is 7.21. The lowest BCUT2D eigenvalue weighted by atomic mass is 9.84. The van der Waals surface area contributed by atoms with Crippen molar-refractivity contribution in [2.45, 2.75) is 17.4 Å². The standard InChI is InChI=1S/C36H28N2O3/c1-37-31-25-15-14-24-30(31)36(34(37)40)38(32(26-16-6-2-7-17-26)27-18-8-3-9-19-27)33(39)35(41-36,28-20-10-4-11-21-28)29-22-12-5-13-23-29/h2-25,32H,1H3. The number of benzene rings is 5. The smallest absolute Gasteiger partial charge is 0.285 e. The van der Waals surface area contributed by atoms with Gasteiger partial charge in [-0.05, 0) is 28.3 Å². The molecule has 1 fully saturated rings. The van der Waals surface area contributed by atoms with E-state index in [2.05, 4.69) is 0 Å². The van der Waals surface area contributed by atoms with Crippen LogP contribution in [0, 0.1) is 0 Å². The van der Waals surface area contributed by atoms with Crippen LogP contribution >= 0.6 is 0 Å². The molecule has 1 saturated heterocycles. The summed E-state index contributed by atoms with van der Waals surface area (Å²) in [5, 5.41) is 0. The lowest BCUT2D eigenvalue weighted by Gasteiger charge is -2.38. The Labute approximate surface area is 239 Å². The van der Waals surface area contributed by atoms with Gasteiger partial charge in [0.15, 0.2) is 0 Å². The number of anilines is 1. The molecule has 1 unspecified atom stereocenters. The van der Waals surface area contributed by atoms with Crippen molar-refractivity contribution in [3.8, 4) is 0 Å². The Hall–Kier alpha value is -5.00. The molecular formula is C36H28N2O3. The minimum absolute atomic E-state index is 0.300. The number of likely N-dealkylation sites (N-methyl/N-ethyl adjacent to an activating group) is 1. The van der Waals surface area contributed by atoms with Crippen molar-refractivity contribution >= 4 is 17.5 Å². The summed E-state index contributed by atoms with van der Waals surface area (Å²) >= 11 is 0. The number of para-hydroxylation sites is 1. The van der Waals surface area contributed by atoms with Crippen LogP contribution in [0.4, 0.5) is 5.69 Å². The van der Waals surface area contributed by atoms with E-state index >= 15 is 4.79 Å². The Kier molecular flexibility index (Phi) is 5.84. The average Bonchev–Trinajstić information content (AvgIpc) is 3.43. The van der Waals surface area contributed by atoms with E-state index in [0.717, 1.165) is 11.1 Å². The maximum absolute atomic E-state index is 15.5. The summed E-state index contributed by atoms with van der Waals surface area (Å²) in [5.74, 6) is -0.608. The van der Waals surface area contributed by atoms with E-state index < -0.39 is 17.4 Å². The van der Waals surface area contributed by atoms with Gasteiger partial charge in [-0.25, -0.2) is 0 Å². The number of amides is 2. The fraction of sp³-hybridized carbons (Fsp3) is 0.111. The fourth-order valence-corrected chi connectivity index (χ4v) is 6.40. The first-order chi connectivity index (χ1) is 20.1. The molecule has 5 nitrogen and oxygen atoms in total. The zero-order valence-electron chi connectivity index (χ0n) is 22.6. The molecule has 2 aliphatic heterocycles. The predicted octanol–water partition coefficient (Wildman–Crippen LogP) is 6.41. The lowest BCUT2D eigenvalue weighted by molar-refractivity contribution is -0.170. The Morgan fingerprint density at radius 1 is 0.561 bits per heavy atom. The van der Waals surface area contributed by atoms with Gasteiger partial charge in [-0.3, -0.25) is 14.5 Å². The van der Waals surface area contributed by atoms with Crippen molar-refractivity contribution < 1.29 is 14.3 Å². The van der Waals surface area contributed by atoms with Gasteiger partial charge >= 0.3 is 0 Å². The minimum atomic E-state index is -1.72. The van der Waals surface area contributed by atoms with Crippen molar-refractivity contribution in [1.82, 2.24) is 4.90 Å². The first kappa shape index (κ1) is 25.0. The molecule has 0 bridgehead atoms. The summed E-state index contributed by atoms with van der Waals surface area (Å²) in [7, 11) is 1.74. The van der Waals surface area contributed by atoms with Crippen molar-refractivity contribution in [2.75, 3.05) is 11.9 Å². The van der Waals surface area contributed by atoms with Crippen LogP contribution in [0.3, 0.4) is 0 Å². The van der Waals surface area contributed by atoms with Crippen molar-refractivity contribution in [3.05, 3.63) is 173 Å². The minimum Gasteiger partial charge on any atom is -0.317 e.